The van der Waals surface area contributed by atoms with E-state index < -0.39 is 93.6 Å². The summed E-state index contributed by atoms with van der Waals surface area (Å²) in [6.07, 6.45) is 0.858. The quantitative estimate of drug-likeness (QED) is 0.0958. The number of nitrogens with one attached hydrogen (secondary N) is 1. The number of hydroxylamine groups is 2. The van der Waals surface area contributed by atoms with Gasteiger partial charge in [-0.3, -0.25) is 14.4 Å². The average molecular weight is 698 g/mol. The minimum Gasteiger partial charge on any atom is -0.504 e. The first kappa shape index (κ1) is 31.6. The number of aliphatic hydroxyl groups is 2. The molecule has 47 heavy (non-hydrogen) atoms. The van der Waals surface area contributed by atoms with Gasteiger partial charge in [-0.15, -0.1) is 11.3 Å². The van der Waals surface area contributed by atoms with Crippen LogP contribution in [-0.2, 0) is 48.6 Å². The number of allylic oxidation sites excluding steroid dienone is 2. The lowest BCUT2D eigenvalue weighted by molar-refractivity contribution is -0.256. The molecule has 7 N–H and O–H groups in total. The lowest BCUT2D eigenvalue weighted by Crippen LogP contribution is -2.57. The number of carbonyl (C=O) groups excluding carboxylic acids is 3. The topological polar surface area (TPSA) is 301 Å². The maximum atomic E-state index is 13.4. The number of aliphatic carboxylic acids is 2. The van der Waals surface area contributed by atoms with Crippen LogP contribution in [0.25, 0.3) is 0 Å². The van der Waals surface area contributed by atoms with E-state index in [2.05, 4.69) is 15.5 Å². The summed E-state index contributed by atoms with van der Waals surface area (Å²) in [6.45, 7) is 0.575. The van der Waals surface area contributed by atoms with Crippen molar-refractivity contribution >= 4 is 62.1 Å². The molecule has 21 nitrogen and oxygen atoms in total. The Morgan fingerprint density at radius 2 is 1.89 bits per heavy atom. The number of ether oxygens (including phenoxy) is 1. The second kappa shape index (κ2) is 10.6. The van der Waals surface area contributed by atoms with Crippen LogP contribution >= 0.6 is 11.3 Å². The van der Waals surface area contributed by atoms with Gasteiger partial charge in [-0.05, 0) is 6.92 Å². The van der Waals surface area contributed by atoms with Crippen LogP contribution in [0.3, 0.4) is 0 Å². The molecule has 2 unspecified atom stereocenters. The van der Waals surface area contributed by atoms with Crippen LogP contribution in [0.5, 0.6) is 0 Å². The number of thiazole rings is 1. The molecule has 6 rings (SSSR count). The number of hydrogen-bond donors (Lipinski definition) is 6. The Balaban J connectivity index is 1.24. The van der Waals surface area contributed by atoms with Crippen LogP contribution in [0.15, 0.2) is 45.7 Å². The summed E-state index contributed by atoms with van der Waals surface area (Å²) in [7, 11) is -4.67. The van der Waals surface area contributed by atoms with E-state index in [1.54, 1.807) is 0 Å². The first-order valence-corrected chi connectivity index (χ1v) is 15.6. The van der Waals surface area contributed by atoms with Crippen LogP contribution in [0.1, 0.15) is 31.9 Å². The Hall–Kier alpha value is -5.42. The average Bonchev–Trinajstić information content (AvgIpc) is 3.26. The normalized spacial score (nSPS) is 27.7. The molecule has 0 aromatic carbocycles. The fourth-order valence-corrected chi connectivity index (χ4v) is 7.44. The number of carboxylic acid groups (broad SMARTS) is 2. The molecule has 0 radical (unpaired) electrons. The van der Waals surface area contributed by atoms with Crippen molar-refractivity contribution in [1.29, 1.82) is 0 Å². The third kappa shape index (κ3) is 4.85. The van der Waals surface area contributed by atoms with Crippen molar-refractivity contribution in [3.63, 3.8) is 0 Å². The van der Waals surface area contributed by atoms with Crippen LogP contribution in [0.4, 0.5) is 5.13 Å². The number of fused-ring (bicyclic) bond motifs is 1. The number of nitrogens with two attached hydrogens (primary N) is 1. The number of esters is 1. The fraction of sp³-hybridized carbons (Fsp3) is 0.375. The number of rotatable bonds is 9. The molecule has 5 heterocycles. The number of cyclic esters (lactones) is 1. The van der Waals surface area contributed by atoms with E-state index in [4.69, 9.17) is 20.1 Å². The smallest absolute Gasteiger partial charge is 0.372 e. The second-order valence-corrected chi connectivity index (χ2v) is 13.3. The second-order valence-electron chi connectivity index (χ2n) is 10.7. The predicted octanol–water partition coefficient (Wildman–Crippen LogP) is -1.63. The Bertz CT molecular complexity index is 1880. The van der Waals surface area contributed by atoms with E-state index >= 15 is 0 Å². The van der Waals surface area contributed by atoms with Crippen molar-refractivity contribution in [1.82, 2.24) is 24.0 Å². The van der Waals surface area contributed by atoms with Crippen molar-refractivity contribution in [2.75, 3.05) is 12.3 Å². The maximum Gasteiger partial charge on any atom is 0.372 e. The van der Waals surface area contributed by atoms with E-state index in [9.17, 15) is 52.8 Å². The number of nitrogens with zero attached hydrogens (tertiary/aromatic N) is 5. The number of nitrogen functional groups attached to an aromatic ring is 1. The van der Waals surface area contributed by atoms with Gasteiger partial charge in [0.05, 0.1) is 24.0 Å². The molecule has 0 bridgehead atoms. The summed E-state index contributed by atoms with van der Waals surface area (Å²) in [5, 5.41) is 46.8. The van der Waals surface area contributed by atoms with E-state index in [-0.39, 0.29) is 40.1 Å². The zero-order valence-corrected chi connectivity index (χ0v) is 25.3. The Labute approximate surface area is 266 Å². The summed E-state index contributed by atoms with van der Waals surface area (Å²) in [6, 6.07) is -3.47. The number of carboxylic acids is 2. The van der Waals surface area contributed by atoms with E-state index in [0.717, 1.165) is 17.4 Å². The van der Waals surface area contributed by atoms with Gasteiger partial charge >= 0.3 is 33.8 Å². The van der Waals surface area contributed by atoms with Gasteiger partial charge in [0.2, 0.25) is 5.60 Å². The SMILES string of the molecule is CC1=C2C=C(O)C(O)=CN2S(=O)(=O)N1C1CC(C(=O)O)(N2OC[C@H](NC(=O)/C(=N\OC3(C(=O)O)CC3)c3csc(N)n3)C2=O)OC1=O. The van der Waals surface area contributed by atoms with E-state index in [1.165, 1.54) is 12.3 Å². The number of anilines is 1. The zero-order chi connectivity index (χ0) is 34.2. The maximum absolute atomic E-state index is 13.4. The minimum atomic E-state index is -4.67. The Morgan fingerprint density at radius 1 is 1.19 bits per heavy atom. The van der Waals surface area contributed by atoms with Crippen LogP contribution in [0.2, 0.25) is 0 Å². The van der Waals surface area contributed by atoms with Crippen molar-refractivity contribution in [2.45, 2.75) is 49.6 Å². The fourth-order valence-electron chi connectivity index (χ4n) is 5.12. The molecule has 5 aliphatic rings. The minimum absolute atomic E-state index is 0.0231. The molecule has 250 valence electrons. The van der Waals surface area contributed by atoms with E-state index in [0.29, 0.717) is 14.8 Å². The predicted molar refractivity (Wildman–Crippen MR) is 150 cm³/mol. The third-order valence-corrected chi connectivity index (χ3v) is 10.2. The van der Waals surface area contributed by atoms with Crippen molar-refractivity contribution < 1.29 is 67.2 Å². The monoisotopic (exact) mass is 697 g/mol. The Kier molecular flexibility index (Phi) is 7.09. The molecule has 1 aliphatic carbocycles. The molecule has 1 aromatic rings. The third-order valence-electron chi connectivity index (χ3n) is 7.73. The lowest BCUT2D eigenvalue weighted by Gasteiger charge is -2.31. The van der Waals surface area contributed by atoms with Gasteiger partial charge in [0, 0.05) is 24.3 Å². The molecular weight excluding hydrogens is 674 g/mol. The van der Waals surface area contributed by atoms with Gasteiger partial charge in [-0.25, -0.2) is 28.0 Å². The summed E-state index contributed by atoms with van der Waals surface area (Å²) >= 11 is 0.922. The number of amides is 2. The highest BCUT2D eigenvalue weighted by molar-refractivity contribution is 7.87. The van der Waals surface area contributed by atoms with Crippen LogP contribution in [0, 0.1) is 0 Å². The van der Waals surface area contributed by atoms with Gasteiger partial charge < -0.3 is 41.1 Å². The molecule has 1 aromatic heterocycles. The molecule has 4 aliphatic heterocycles. The highest BCUT2D eigenvalue weighted by Gasteiger charge is 2.65. The molecule has 3 atom stereocenters. The largest absolute Gasteiger partial charge is 0.504 e. The van der Waals surface area contributed by atoms with Crippen LogP contribution in [-0.4, -0.2) is 113 Å². The molecule has 1 saturated carbocycles. The molecule has 23 heteroatoms. The molecular formula is C24H23N7O14S2. The first-order chi connectivity index (χ1) is 22.0. The lowest BCUT2D eigenvalue weighted by atomic mass is 10.1. The van der Waals surface area contributed by atoms with Gasteiger partial charge in [0.25, 0.3) is 11.8 Å². The summed E-state index contributed by atoms with van der Waals surface area (Å²) in [4.78, 5) is 78.3. The van der Waals surface area contributed by atoms with Crippen molar-refractivity contribution in [2.24, 2.45) is 5.16 Å². The van der Waals surface area contributed by atoms with Gasteiger partial charge in [-0.2, -0.15) is 13.5 Å². The molecule has 2 saturated heterocycles. The summed E-state index contributed by atoms with van der Waals surface area (Å²) in [5.41, 5.74) is 0.119. The van der Waals surface area contributed by atoms with Crippen molar-refractivity contribution in [3.05, 3.63) is 46.3 Å². The van der Waals surface area contributed by atoms with Gasteiger partial charge in [0.1, 0.15) is 18.3 Å². The number of aromatic nitrogens is 1. The van der Waals surface area contributed by atoms with Crippen LogP contribution < -0.4 is 11.1 Å². The zero-order valence-electron chi connectivity index (χ0n) is 23.7. The summed E-state index contributed by atoms with van der Waals surface area (Å²) in [5.74, 6) is -8.39. The molecule has 2 amide bonds. The van der Waals surface area contributed by atoms with Gasteiger partial charge in [-0.1, -0.05) is 5.16 Å². The molecule has 0 spiro atoms. The Morgan fingerprint density at radius 3 is 2.49 bits per heavy atom. The van der Waals surface area contributed by atoms with Gasteiger partial charge in [0.15, 0.2) is 28.4 Å². The number of carbonyl (C=O) groups is 5. The highest BCUT2D eigenvalue weighted by Crippen LogP contribution is 2.44. The number of hydrogen-bond acceptors (Lipinski definition) is 16. The number of aliphatic hydroxyl groups excluding tert-OH is 2. The van der Waals surface area contributed by atoms with E-state index in [1.807, 2.05) is 0 Å². The standard InChI is InChI=1S/C24H23N7O14S2/c1-9-12-4-14(32)15(33)6-29(12)47(41,42)30(9)13-5-24(21(39)40,44-19(13)36)31-18(35)10(7-43-31)26-17(34)16(11-8-46-22(25)27-11)28-45-23(2-3-23)20(37)38/h4,6,8,10,13,32-33H,2-3,5,7H2,1H3,(H2,25,27)(H,26,34)(H,37,38)(H,39,40)/b28-16-/t10-,13?,24?/m0/s1. The van der Waals surface area contributed by atoms with Crippen molar-refractivity contribution in [3.8, 4) is 0 Å². The highest BCUT2D eigenvalue weighted by atomic mass is 32.2. The summed E-state index contributed by atoms with van der Waals surface area (Å²) < 4.78 is 33.0. The number of oxime groups is 1. The first-order valence-electron chi connectivity index (χ1n) is 13.3. The molecule has 3 fully saturated rings.